The van der Waals surface area contributed by atoms with E-state index in [1.807, 2.05) is 6.08 Å². The Morgan fingerprint density at radius 3 is 1.18 bits per heavy atom. The molecule has 93 heavy (non-hydrogen) atoms. The Balaban J connectivity index is 1.62. The molecule has 14 nitrogen and oxygen atoms in total. The molecule has 0 aliphatic carbocycles. The summed E-state index contributed by atoms with van der Waals surface area (Å²) in [5.41, 5.74) is 0. The van der Waals surface area contributed by atoms with Crippen molar-refractivity contribution in [2.75, 3.05) is 19.8 Å². The number of allylic oxidation sites excluding steroid dienone is 15. The van der Waals surface area contributed by atoms with E-state index in [4.69, 9.17) is 18.9 Å². The number of aliphatic hydroxyl groups excluding tert-OH is 8. The number of ether oxygens (including phenoxy) is 4. The Bertz CT molecular complexity index is 1930. The quantitative estimate of drug-likeness (QED) is 0.0204. The third-order valence-electron chi connectivity index (χ3n) is 18.0. The number of unbranched alkanes of at least 4 members (excludes halogenated alkanes) is 35. The minimum atomic E-state index is -1.80. The largest absolute Gasteiger partial charge is 0.394 e. The molecular formula is C79H139NO13. The standard InChI is InChI=1S/C79H139NO13/c1-3-5-7-9-11-13-15-17-19-21-23-25-27-28-29-30-31-32-33-34-35-36-37-38-39-40-41-43-45-47-49-51-53-55-57-59-61-63-71(84)80-67(66-90-78-76(89)74(87)77(70(65-82)92-78)93-79-75(88)73(86)72(85)69(64-81)91-79)68(83)62-60-58-56-54-52-50-48-46-44-42-26-24-22-20-18-16-14-12-10-8-6-4-2/h5,7,11,13,17,19,23,25,28-29,44,46,52,54,60,62,67-70,72-79,81-83,85-89H,3-4,6,8-10,12,14-16,18,20-22,24,26-27,30-43,45,47-51,53,55-59,61,63-66H2,1-2H3,(H,80,84)/b7-5-,13-11-,19-17-,25-23-,29-28-,46-44+,54-52+,62-60+. The van der Waals surface area contributed by atoms with Crippen molar-refractivity contribution in [1.29, 1.82) is 0 Å². The van der Waals surface area contributed by atoms with Crippen LogP contribution >= 0.6 is 0 Å². The first-order valence-electron chi connectivity index (χ1n) is 38.0. The smallest absolute Gasteiger partial charge is 0.220 e. The first-order valence-corrected chi connectivity index (χ1v) is 38.0. The highest BCUT2D eigenvalue weighted by molar-refractivity contribution is 5.76. The summed E-state index contributed by atoms with van der Waals surface area (Å²) in [7, 11) is 0. The molecule has 0 spiro atoms. The number of rotatable bonds is 62. The summed E-state index contributed by atoms with van der Waals surface area (Å²) in [5.74, 6) is -0.251. The summed E-state index contributed by atoms with van der Waals surface area (Å²) in [5, 5.41) is 87.5. The van der Waals surface area contributed by atoms with Crippen molar-refractivity contribution in [3.8, 4) is 0 Å². The van der Waals surface area contributed by atoms with E-state index >= 15 is 0 Å². The van der Waals surface area contributed by atoms with Crippen LogP contribution in [-0.4, -0.2) is 140 Å². The summed E-state index contributed by atoms with van der Waals surface area (Å²) < 4.78 is 22.9. The van der Waals surface area contributed by atoms with Crippen molar-refractivity contribution in [3.05, 3.63) is 97.2 Å². The van der Waals surface area contributed by atoms with Crippen LogP contribution in [0.2, 0.25) is 0 Å². The molecule has 12 unspecified atom stereocenters. The van der Waals surface area contributed by atoms with Gasteiger partial charge in [0, 0.05) is 6.42 Å². The van der Waals surface area contributed by atoms with E-state index in [9.17, 15) is 45.6 Å². The lowest BCUT2D eigenvalue weighted by Gasteiger charge is -2.46. The molecule has 14 heteroatoms. The summed E-state index contributed by atoms with van der Waals surface area (Å²) in [6.07, 6.45) is 72.0. The lowest BCUT2D eigenvalue weighted by molar-refractivity contribution is -0.359. The van der Waals surface area contributed by atoms with Crippen LogP contribution in [0.1, 0.15) is 303 Å². The molecule has 0 bridgehead atoms. The molecule has 538 valence electrons. The number of hydrogen-bond donors (Lipinski definition) is 9. The van der Waals surface area contributed by atoms with Gasteiger partial charge in [0.05, 0.1) is 32.0 Å². The maximum absolute atomic E-state index is 13.4. The van der Waals surface area contributed by atoms with Gasteiger partial charge in [-0.15, -0.1) is 0 Å². The van der Waals surface area contributed by atoms with Gasteiger partial charge < -0.3 is 65.1 Å². The molecule has 0 aromatic carbocycles. The van der Waals surface area contributed by atoms with Gasteiger partial charge in [-0.2, -0.15) is 0 Å². The van der Waals surface area contributed by atoms with E-state index in [0.717, 1.165) is 77.0 Å². The maximum Gasteiger partial charge on any atom is 0.220 e. The fourth-order valence-corrected chi connectivity index (χ4v) is 12.0. The molecule has 2 aliphatic rings. The number of nitrogens with one attached hydrogen (secondary N) is 1. The van der Waals surface area contributed by atoms with Crippen LogP contribution in [0.4, 0.5) is 0 Å². The van der Waals surface area contributed by atoms with Gasteiger partial charge in [0.15, 0.2) is 12.6 Å². The zero-order valence-corrected chi connectivity index (χ0v) is 58.7. The van der Waals surface area contributed by atoms with Crippen LogP contribution in [0.5, 0.6) is 0 Å². The predicted octanol–water partition coefficient (Wildman–Crippen LogP) is 16.5. The van der Waals surface area contributed by atoms with Crippen molar-refractivity contribution in [1.82, 2.24) is 5.32 Å². The molecule has 0 aromatic heterocycles. The van der Waals surface area contributed by atoms with Gasteiger partial charge in [-0.05, 0) is 89.9 Å². The average Bonchev–Trinajstić information content (AvgIpc) is 0.852. The number of carbonyl (C=O) groups excluding carboxylic acids is 1. The fourth-order valence-electron chi connectivity index (χ4n) is 12.0. The van der Waals surface area contributed by atoms with Crippen molar-refractivity contribution in [3.63, 3.8) is 0 Å². The first-order chi connectivity index (χ1) is 45.6. The molecule has 0 aromatic rings. The molecule has 2 fully saturated rings. The van der Waals surface area contributed by atoms with Crippen molar-refractivity contribution in [2.24, 2.45) is 0 Å². The summed E-state index contributed by atoms with van der Waals surface area (Å²) in [6.45, 7) is 2.69. The van der Waals surface area contributed by atoms with Gasteiger partial charge in [0.1, 0.15) is 48.8 Å². The minimum Gasteiger partial charge on any atom is -0.394 e. The molecule has 0 saturated carbocycles. The monoisotopic (exact) mass is 1310 g/mol. The highest BCUT2D eigenvalue weighted by Gasteiger charge is 2.51. The van der Waals surface area contributed by atoms with Crippen LogP contribution in [0.25, 0.3) is 0 Å². The number of carbonyl (C=O) groups is 1. The normalized spacial score (nSPS) is 23.1. The topological polar surface area (TPSA) is 228 Å². The molecule has 12 atom stereocenters. The third kappa shape index (κ3) is 45.9. The third-order valence-corrected chi connectivity index (χ3v) is 18.0. The van der Waals surface area contributed by atoms with Gasteiger partial charge in [-0.3, -0.25) is 4.79 Å². The molecule has 2 rings (SSSR count). The Kier molecular flexibility index (Phi) is 57.7. The van der Waals surface area contributed by atoms with E-state index in [-0.39, 0.29) is 18.9 Å². The molecule has 2 heterocycles. The van der Waals surface area contributed by atoms with Crippen molar-refractivity contribution >= 4 is 5.91 Å². The average molecular weight is 1310 g/mol. The Hall–Kier alpha value is -3.09. The van der Waals surface area contributed by atoms with Crippen LogP contribution in [0.3, 0.4) is 0 Å². The lowest BCUT2D eigenvalue weighted by Crippen LogP contribution is -2.65. The Labute approximate surface area is 566 Å². The lowest BCUT2D eigenvalue weighted by atomic mass is 9.97. The highest BCUT2D eigenvalue weighted by atomic mass is 16.7. The summed E-state index contributed by atoms with van der Waals surface area (Å²) in [6, 6.07) is -0.942. The van der Waals surface area contributed by atoms with E-state index in [2.05, 4.69) is 104 Å². The highest BCUT2D eigenvalue weighted by Crippen LogP contribution is 2.30. The summed E-state index contributed by atoms with van der Waals surface area (Å²) >= 11 is 0. The van der Waals surface area contributed by atoms with Gasteiger partial charge >= 0.3 is 0 Å². The molecule has 9 N–H and O–H groups in total. The Morgan fingerprint density at radius 1 is 0.398 bits per heavy atom. The second-order valence-electron chi connectivity index (χ2n) is 26.4. The van der Waals surface area contributed by atoms with Gasteiger partial charge in [-0.1, -0.05) is 304 Å². The van der Waals surface area contributed by atoms with E-state index in [1.165, 1.54) is 193 Å². The number of hydrogen-bond acceptors (Lipinski definition) is 13. The van der Waals surface area contributed by atoms with Crippen molar-refractivity contribution < 1.29 is 64.6 Å². The molecule has 2 saturated heterocycles. The first kappa shape index (κ1) is 86.0. The molecule has 1 amide bonds. The van der Waals surface area contributed by atoms with E-state index in [0.29, 0.717) is 12.8 Å². The number of amides is 1. The zero-order valence-electron chi connectivity index (χ0n) is 58.7. The van der Waals surface area contributed by atoms with Gasteiger partial charge in [-0.25, -0.2) is 0 Å². The zero-order chi connectivity index (χ0) is 67.3. The van der Waals surface area contributed by atoms with E-state index < -0.39 is 86.8 Å². The number of aliphatic hydroxyl groups is 8. The molecule has 2 aliphatic heterocycles. The Morgan fingerprint density at radius 2 is 0.753 bits per heavy atom. The van der Waals surface area contributed by atoms with Crippen LogP contribution in [0, 0.1) is 0 Å². The van der Waals surface area contributed by atoms with Gasteiger partial charge in [0.25, 0.3) is 0 Å². The second kappa shape index (κ2) is 62.4. The molecule has 0 radical (unpaired) electrons. The molecular weight excluding hydrogens is 1170 g/mol. The van der Waals surface area contributed by atoms with E-state index in [1.54, 1.807) is 6.08 Å². The minimum absolute atomic E-state index is 0.251. The maximum atomic E-state index is 13.4. The fraction of sp³-hybridized carbons (Fsp3) is 0.785. The van der Waals surface area contributed by atoms with Crippen molar-refractivity contribution in [2.45, 2.75) is 376 Å². The second-order valence-corrected chi connectivity index (χ2v) is 26.4. The van der Waals surface area contributed by atoms with Gasteiger partial charge in [0.2, 0.25) is 5.91 Å². The predicted molar refractivity (Wildman–Crippen MR) is 383 cm³/mol. The van der Waals surface area contributed by atoms with Crippen LogP contribution < -0.4 is 5.32 Å². The van der Waals surface area contributed by atoms with Crippen LogP contribution in [0.15, 0.2) is 97.2 Å². The summed E-state index contributed by atoms with van der Waals surface area (Å²) in [4.78, 5) is 13.4. The van der Waals surface area contributed by atoms with Crippen LogP contribution in [-0.2, 0) is 23.7 Å². The SMILES string of the molecule is CC/C=C\C/C=C\C/C=C\C/C=C\C/C=C\CCCCCCCCCCCCCCCCCCCCCCCC(=O)NC(COC1OC(CO)C(OC2OC(CO)C(O)C(O)C2O)C(O)C1O)C(O)/C=C/CC/C=C/CC/C=C/CCCCCCCCCCCCCC.